The van der Waals surface area contributed by atoms with E-state index in [9.17, 15) is 0 Å². The van der Waals surface area contributed by atoms with E-state index < -0.39 is 0 Å². The summed E-state index contributed by atoms with van der Waals surface area (Å²) in [5.74, 6) is 0.956. The van der Waals surface area contributed by atoms with Gasteiger partial charge in [-0.25, -0.2) is 4.98 Å². The smallest absolute Gasteiger partial charge is 0.0945 e. The van der Waals surface area contributed by atoms with Gasteiger partial charge in [-0.3, -0.25) is 0 Å². The molecule has 0 aliphatic heterocycles. The fourth-order valence-electron chi connectivity index (χ4n) is 1.75. The highest BCUT2D eigenvalue weighted by molar-refractivity contribution is 7.98. The molecule has 0 radical (unpaired) electrons. The molecule has 0 atom stereocenters. The van der Waals surface area contributed by atoms with Crippen LogP contribution in [0.3, 0.4) is 0 Å². The number of aromatic nitrogens is 2. The molecule has 0 saturated heterocycles. The second kappa shape index (κ2) is 6.78. The number of imidazole rings is 1. The molecule has 0 aliphatic carbocycles. The molecule has 0 bridgehead atoms. The number of benzene rings is 1. The Morgan fingerprint density at radius 3 is 2.89 bits per heavy atom. The van der Waals surface area contributed by atoms with Crippen LogP contribution in [0, 0.1) is 0 Å². The zero-order valence-electron chi connectivity index (χ0n) is 11.8. The monoisotopic (exact) mass is 275 g/mol. The van der Waals surface area contributed by atoms with E-state index >= 15 is 0 Å². The summed E-state index contributed by atoms with van der Waals surface area (Å²) in [6, 6.07) is 9.24. The summed E-state index contributed by atoms with van der Waals surface area (Å²) >= 11 is 1.85. The molecule has 1 heterocycles. The first-order chi connectivity index (χ1) is 9.15. The molecule has 4 heteroatoms. The van der Waals surface area contributed by atoms with E-state index in [1.807, 2.05) is 31.3 Å². The lowest BCUT2D eigenvalue weighted by Crippen LogP contribution is -2.21. The van der Waals surface area contributed by atoms with Gasteiger partial charge >= 0.3 is 0 Å². The van der Waals surface area contributed by atoms with Crippen molar-refractivity contribution in [3.8, 4) is 0 Å². The third kappa shape index (κ3) is 4.40. The third-order valence-electron chi connectivity index (χ3n) is 2.92. The molecule has 1 aromatic carbocycles. The topological polar surface area (TPSA) is 29.9 Å². The maximum Gasteiger partial charge on any atom is 0.0945 e. The molecule has 0 fully saturated rings. The van der Waals surface area contributed by atoms with Gasteiger partial charge in [-0.05, 0) is 17.7 Å². The van der Waals surface area contributed by atoms with Gasteiger partial charge in [0.05, 0.1) is 6.33 Å². The first kappa shape index (κ1) is 14.2. The van der Waals surface area contributed by atoms with Crippen molar-refractivity contribution in [2.75, 3.05) is 0 Å². The lowest BCUT2D eigenvalue weighted by molar-refractivity contribution is 0.588. The fourth-order valence-corrected chi connectivity index (χ4v) is 2.75. The van der Waals surface area contributed by atoms with Crippen molar-refractivity contribution in [1.82, 2.24) is 14.9 Å². The first-order valence-corrected chi connectivity index (χ1v) is 7.54. The van der Waals surface area contributed by atoms with Crippen molar-refractivity contribution in [3.63, 3.8) is 0 Å². The predicted octanol–water partition coefficient (Wildman–Crippen LogP) is 3.21. The van der Waals surface area contributed by atoms with E-state index in [2.05, 4.69) is 53.0 Å². The van der Waals surface area contributed by atoms with Gasteiger partial charge in [-0.15, -0.1) is 11.8 Å². The number of thioether (sulfide) groups is 1. The Bertz CT molecular complexity index is 520. The highest BCUT2D eigenvalue weighted by Gasteiger charge is 2.02. The molecule has 0 unspecified atom stereocenters. The van der Waals surface area contributed by atoms with Crippen LogP contribution in [0.5, 0.6) is 0 Å². The van der Waals surface area contributed by atoms with Crippen LogP contribution in [-0.2, 0) is 19.3 Å². The van der Waals surface area contributed by atoms with Crippen LogP contribution < -0.4 is 5.32 Å². The minimum atomic E-state index is 0.519. The van der Waals surface area contributed by atoms with Gasteiger partial charge < -0.3 is 9.88 Å². The van der Waals surface area contributed by atoms with Crippen LogP contribution in [-0.4, -0.2) is 15.6 Å². The average molecular weight is 275 g/mol. The van der Waals surface area contributed by atoms with Gasteiger partial charge in [0.1, 0.15) is 0 Å². The minimum Gasteiger partial charge on any atom is -0.337 e. The van der Waals surface area contributed by atoms with Gasteiger partial charge in [-0.2, -0.15) is 0 Å². The summed E-state index contributed by atoms with van der Waals surface area (Å²) in [6.07, 6.45) is 3.77. The first-order valence-electron chi connectivity index (χ1n) is 6.55. The summed E-state index contributed by atoms with van der Waals surface area (Å²) < 4.78 is 2.07. The van der Waals surface area contributed by atoms with E-state index in [0.717, 1.165) is 12.3 Å². The molecule has 1 N–H and O–H groups in total. The van der Waals surface area contributed by atoms with Gasteiger partial charge in [0.2, 0.25) is 0 Å². The van der Waals surface area contributed by atoms with Gasteiger partial charge in [-0.1, -0.05) is 26.0 Å². The maximum atomic E-state index is 4.14. The van der Waals surface area contributed by atoms with E-state index in [1.165, 1.54) is 16.2 Å². The zero-order valence-corrected chi connectivity index (χ0v) is 12.6. The number of hydrogen-bond donors (Lipinski definition) is 1. The second-order valence-electron chi connectivity index (χ2n) is 4.97. The quantitative estimate of drug-likeness (QED) is 0.821. The van der Waals surface area contributed by atoms with Crippen molar-refractivity contribution in [2.45, 2.75) is 37.1 Å². The van der Waals surface area contributed by atoms with Crippen LogP contribution in [0.2, 0.25) is 0 Å². The summed E-state index contributed by atoms with van der Waals surface area (Å²) in [5.41, 5.74) is 2.58. The molecule has 19 heavy (non-hydrogen) atoms. The lowest BCUT2D eigenvalue weighted by atomic mass is 10.2. The van der Waals surface area contributed by atoms with Crippen molar-refractivity contribution in [2.24, 2.45) is 7.05 Å². The standard InChI is InChI=1S/C15H21N3S/c1-12(2)17-8-13-5-4-6-15(7-13)19-10-14-9-16-11-18(14)3/h4-7,9,11-12,17H,8,10H2,1-3H3. The van der Waals surface area contributed by atoms with Gasteiger partial charge in [0.15, 0.2) is 0 Å². The number of nitrogens with zero attached hydrogens (tertiary/aromatic N) is 2. The summed E-state index contributed by atoms with van der Waals surface area (Å²) in [4.78, 5) is 5.45. The normalized spacial score (nSPS) is 11.2. The molecule has 1 aromatic heterocycles. The minimum absolute atomic E-state index is 0.519. The molecular weight excluding hydrogens is 254 g/mol. The Morgan fingerprint density at radius 1 is 1.37 bits per heavy atom. The SMILES string of the molecule is CC(C)NCc1cccc(SCc2cncn2C)c1. The van der Waals surface area contributed by atoms with Crippen LogP contribution in [0.25, 0.3) is 0 Å². The van der Waals surface area contributed by atoms with Crippen molar-refractivity contribution in [1.29, 1.82) is 0 Å². The van der Waals surface area contributed by atoms with Crippen molar-refractivity contribution >= 4 is 11.8 Å². The predicted molar refractivity (Wildman–Crippen MR) is 81.2 cm³/mol. The second-order valence-corrected chi connectivity index (χ2v) is 6.02. The Labute approximate surface area is 119 Å². The largest absolute Gasteiger partial charge is 0.337 e. The summed E-state index contributed by atoms with van der Waals surface area (Å²) in [5, 5.41) is 3.44. The summed E-state index contributed by atoms with van der Waals surface area (Å²) in [7, 11) is 2.03. The number of rotatable bonds is 6. The molecule has 0 aliphatic rings. The number of nitrogens with one attached hydrogen (secondary N) is 1. The molecule has 102 valence electrons. The van der Waals surface area contributed by atoms with Crippen LogP contribution in [0.4, 0.5) is 0 Å². The highest BCUT2D eigenvalue weighted by Crippen LogP contribution is 2.23. The molecule has 0 spiro atoms. The average Bonchev–Trinajstić information content (AvgIpc) is 2.80. The zero-order chi connectivity index (χ0) is 13.7. The Kier molecular flexibility index (Phi) is 5.05. The van der Waals surface area contributed by atoms with Gasteiger partial charge in [0.25, 0.3) is 0 Å². The molecule has 2 rings (SSSR count). The fraction of sp³-hybridized carbons (Fsp3) is 0.400. The Balaban J connectivity index is 1.93. The van der Waals surface area contributed by atoms with E-state index in [1.54, 1.807) is 0 Å². The lowest BCUT2D eigenvalue weighted by Gasteiger charge is -2.09. The molecule has 2 aromatic rings. The molecule has 0 amide bonds. The van der Waals surface area contributed by atoms with E-state index in [-0.39, 0.29) is 0 Å². The number of hydrogen-bond acceptors (Lipinski definition) is 3. The molecule has 3 nitrogen and oxygen atoms in total. The maximum absolute atomic E-state index is 4.14. The van der Waals surface area contributed by atoms with Crippen LogP contribution in [0.1, 0.15) is 25.1 Å². The number of aryl methyl sites for hydroxylation is 1. The van der Waals surface area contributed by atoms with E-state index in [4.69, 9.17) is 0 Å². The Hall–Kier alpha value is -1.26. The Morgan fingerprint density at radius 2 is 2.21 bits per heavy atom. The summed E-state index contributed by atoms with van der Waals surface area (Å²) in [6.45, 7) is 5.26. The van der Waals surface area contributed by atoms with Crippen LogP contribution in [0.15, 0.2) is 41.7 Å². The van der Waals surface area contributed by atoms with Crippen molar-refractivity contribution in [3.05, 3.63) is 48.0 Å². The van der Waals surface area contributed by atoms with Crippen LogP contribution >= 0.6 is 11.8 Å². The van der Waals surface area contributed by atoms with E-state index in [0.29, 0.717) is 6.04 Å². The van der Waals surface area contributed by atoms with Gasteiger partial charge in [0, 0.05) is 42.2 Å². The third-order valence-corrected chi connectivity index (χ3v) is 3.94. The highest BCUT2D eigenvalue weighted by atomic mass is 32.2. The van der Waals surface area contributed by atoms with Crippen molar-refractivity contribution < 1.29 is 0 Å². The molecule has 0 saturated carbocycles. The molecular formula is C15H21N3S.